The van der Waals surface area contributed by atoms with Crippen molar-refractivity contribution in [3.63, 3.8) is 0 Å². The monoisotopic (exact) mass is 457 g/mol. The number of hydrogen-bond acceptors (Lipinski definition) is 4. The molecule has 0 unspecified atom stereocenters. The highest BCUT2D eigenvalue weighted by molar-refractivity contribution is 14.1. The number of nitrogen functional groups attached to an aromatic ring is 1. The Kier molecular flexibility index (Phi) is 4.85. The summed E-state index contributed by atoms with van der Waals surface area (Å²) in [5, 5.41) is 0. The SMILES string of the molecule is CCCc1nc(-c2cc(Br)c(Cl)s2)nc(N)c1I. The van der Waals surface area contributed by atoms with Gasteiger partial charge in [0.05, 0.1) is 14.1 Å². The van der Waals surface area contributed by atoms with Gasteiger partial charge in [0.2, 0.25) is 0 Å². The first-order valence-corrected chi connectivity index (χ1v) is 8.36. The number of nitrogens with zero attached hydrogens (tertiary/aromatic N) is 2. The predicted octanol–water partition coefficient (Wildman–Crippen LogP) is 4.76. The first-order valence-electron chi connectivity index (χ1n) is 5.30. The number of anilines is 1. The number of thiophene rings is 1. The van der Waals surface area contributed by atoms with E-state index in [0.717, 1.165) is 31.5 Å². The zero-order chi connectivity index (χ0) is 13.3. The number of halogens is 3. The molecule has 18 heavy (non-hydrogen) atoms. The average Bonchev–Trinajstić information content (AvgIpc) is 2.65. The lowest BCUT2D eigenvalue weighted by molar-refractivity contribution is 0.870. The molecule has 0 saturated carbocycles. The van der Waals surface area contributed by atoms with Crippen LogP contribution in [0.3, 0.4) is 0 Å². The van der Waals surface area contributed by atoms with Crippen molar-refractivity contribution >= 4 is 67.3 Å². The molecule has 0 aliphatic rings. The van der Waals surface area contributed by atoms with Gasteiger partial charge in [0.15, 0.2) is 5.82 Å². The van der Waals surface area contributed by atoms with Crippen LogP contribution in [-0.2, 0) is 6.42 Å². The summed E-state index contributed by atoms with van der Waals surface area (Å²) in [6, 6.07) is 1.92. The highest BCUT2D eigenvalue weighted by Gasteiger charge is 2.14. The lowest BCUT2D eigenvalue weighted by atomic mass is 10.2. The molecule has 2 aromatic rings. The molecule has 2 N–H and O–H groups in total. The summed E-state index contributed by atoms with van der Waals surface area (Å²) in [5.74, 6) is 1.18. The molecule has 0 bridgehead atoms. The summed E-state index contributed by atoms with van der Waals surface area (Å²) in [5.41, 5.74) is 6.94. The van der Waals surface area contributed by atoms with Crippen LogP contribution in [0.2, 0.25) is 4.34 Å². The van der Waals surface area contributed by atoms with Crippen molar-refractivity contribution < 1.29 is 0 Å². The predicted molar refractivity (Wildman–Crippen MR) is 89.2 cm³/mol. The van der Waals surface area contributed by atoms with Crippen molar-refractivity contribution in [2.24, 2.45) is 0 Å². The molecule has 0 amide bonds. The summed E-state index contributed by atoms with van der Waals surface area (Å²) in [6.07, 6.45) is 1.93. The van der Waals surface area contributed by atoms with Gasteiger partial charge in [-0.15, -0.1) is 11.3 Å². The molecule has 2 heterocycles. The van der Waals surface area contributed by atoms with E-state index >= 15 is 0 Å². The zero-order valence-electron chi connectivity index (χ0n) is 9.51. The fourth-order valence-corrected chi connectivity index (χ4v) is 3.63. The molecular weight excluding hydrogens is 448 g/mol. The van der Waals surface area contributed by atoms with Crippen LogP contribution in [0.25, 0.3) is 10.7 Å². The molecule has 0 aromatic carbocycles. The fourth-order valence-electron chi connectivity index (χ4n) is 1.48. The van der Waals surface area contributed by atoms with Gasteiger partial charge in [-0.05, 0) is 51.0 Å². The molecule has 0 radical (unpaired) electrons. The fraction of sp³-hybridized carbons (Fsp3) is 0.273. The van der Waals surface area contributed by atoms with Crippen LogP contribution in [0.5, 0.6) is 0 Å². The van der Waals surface area contributed by atoms with Gasteiger partial charge in [-0.2, -0.15) is 0 Å². The Bertz CT molecular complexity index is 568. The molecule has 3 nitrogen and oxygen atoms in total. The van der Waals surface area contributed by atoms with Gasteiger partial charge in [-0.3, -0.25) is 0 Å². The highest BCUT2D eigenvalue weighted by atomic mass is 127. The summed E-state index contributed by atoms with van der Waals surface area (Å²) >= 11 is 13.1. The molecule has 7 heteroatoms. The van der Waals surface area contributed by atoms with Crippen molar-refractivity contribution in [2.75, 3.05) is 5.73 Å². The molecule has 0 fully saturated rings. The second kappa shape index (κ2) is 6.02. The maximum absolute atomic E-state index is 6.03. The Morgan fingerprint density at radius 1 is 1.50 bits per heavy atom. The van der Waals surface area contributed by atoms with E-state index in [2.05, 4.69) is 55.4 Å². The first-order chi connectivity index (χ1) is 8.52. The standard InChI is InChI=1S/C11H10BrClIN3S/c1-2-3-6-8(14)10(15)17-11(16-6)7-4-5(12)9(13)18-7/h4H,2-3H2,1H3,(H2,15,16,17). The summed E-state index contributed by atoms with van der Waals surface area (Å²) in [7, 11) is 0. The van der Waals surface area contributed by atoms with Crippen molar-refractivity contribution in [1.29, 1.82) is 0 Å². The molecule has 96 valence electrons. The van der Waals surface area contributed by atoms with Crippen molar-refractivity contribution in [3.8, 4) is 10.7 Å². The quantitative estimate of drug-likeness (QED) is 0.675. The number of aryl methyl sites for hydroxylation is 1. The summed E-state index contributed by atoms with van der Waals surface area (Å²) in [6.45, 7) is 2.12. The lowest BCUT2D eigenvalue weighted by Gasteiger charge is -2.06. The Morgan fingerprint density at radius 3 is 2.78 bits per heavy atom. The third-order valence-electron chi connectivity index (χ3n) is 2.30. The lowest BCUT2D eigenvalue weighted by Crippen LogP contribution is -2.04. The molecule has 0 atom stereocenters. The van der Waals surface area contributed by atoms with E-state index in [4.69, 9.17) is 17.3 Å². The first kappa shape index (κ1) is 14.5. The molecule has 2 aromatic heterocycles. The van der Waals surface area contributed by atoms with Crippen molar-refractivity contribution in [3.05, 3.63) is 24.1 Å². The van der Waals surface area contributed by atoms with E-state index in [1.54, 1.807) is 0 Å². The van der Waals surface area contributed by atoms with E-state index in [9.17, 15) is 0 Å². The van der Waals surface area contributed by atoms with Gasteiger partial charge in [-0.1, -0.05) is 24.9 Å². The van der Waals surface area contributed by atoms with E-state index in [1.165, 1.54) is 11.3 Å². The zero-order valence-corrected chi connectivity index (χ0v) is 14.8. The third kappa shape index (κ3) is 2.97. The van der Waals surface area contributed by atoms with Crippen molar-refractivity contribution in [2.45, 2.75) is 19.8 Å². The molecule has 2 rings (SSSR count). The minimum atomic E-state index is 0.532. The van der Waals surface area contributed by atoms with Crippen LogP contribution in [0.15, 0.2) is 10.5 Å². The Balaban J connectivity index is 2.51. The summed E-state index contributed by atoms with van der Waals surface area (Å²) < 4.78 is 2.50. The number of nitrogens with two attached hydrogens (primary N) is 1. The van der Waals surface area contributed by atoms with Gasteiger partial charge in [0.25, 0.3) is 0 Å². The Morgan fingerprint density at radius 2 is 2.22 bits per heavy atom. The second-order valence-electron chi connectivity index (χ2n) is 3.68. The maximum Gasteiger partial charge on any atom is 0.172 e. The number of hydrogen-bond donors (Lipinski definition) is 1. The smallest absolute Gasteiger partial charge is 0.172 e. The van der Waals surface area contributed by atoms with Crippen LogP contribution in [0.4, 0.5) is 5.82 Å². The second-order valence-corrected chi connectivity index (χ2v) is 7.26. The van der Waals surface area contributed by atoms with E-state index < -0.39 is 0 Å². The van der Waals surface area contributed by atoms with E-state index in [0.29, 0.717) is 16.0 Å². The van der Waals surface area contributed by atoms with E-state index in [-0.39, 0.29) is 0 Å². The largest absolute Gasteiger partial charge is 0.383 e. The molecule has 0 saturated heterocycles. The normalized spacial score (nSPS) is 10.9. The minimum Gasteiger partial charge on any atom is -0.383 e. The van der Waals surface area contributed by atoms with Gasteiger partial charge in [0.1, 0.15) is 10.2 Å². The highest BCUT2D eigenvalue weighted by Crippen LogP contribution is 2.37. The van der Waals surface area contributed by atoms with Crippen LogP contribution in [0.1, 0.15) is 19.0 Å². The van der Waals surface area contributed by atoms with Crippen LogP contribution >= 0.6 is 61.5 Å². The molecule has 0 aliphatic heterocycles. The Labute approximate surface area is 136 Å². The van der Waals surface area contributed by atoms with Crippen LogP contribution < -0.4 is 5.73 Å². The minimum absolute atomic E-state index is 0.532. The van der Waals surface area contributed by atoms with E-state index in [1.807, 2.05) is 6.07 Å². The van der Waals surface area contributed by atoms with Crippen molar-refractivity contribution in [1.82, 2.24) is 9.97 Å². The Hall–Kier alpha value is 0.0800. The number of rotatable bonds is 3. The topological polar surface area (TPSA) is 51.8 Å². The molecular formula is C11H10BrClIN3S. The van der Waals surface area contributed by atoms with Crippen LogP contribution in [-0.4, -0.2) is 9.97 Å². The van der Waals surface area contributed by atoms with Gasteiger partial charge >= 0.3 is 0 Å². The maximum atomic E-state index is 6.03. The van der Waals surface area contributed by atoms with Crippen LogP contribution in [0, 0.1) is 3.57 Å². The molecule has 0 spiro atoms. The van der Waals surface area contributed by atoms with Gasteiger partial charge in [-0.25, -0.2) is 9.97 Å². The van der Waals surface area contributed by atoms with Gasteiger partial charge in [0, 0.05) is 4.47 Å². The number of aromatic nitrogens is 2. The third-order valence-corrected chi connectivity index (χ3v) is 5.94. The molecule has 0 aliphatic carbocycles. The summed E-state index contributed by atoms with van der Waals surface area (Å²) in [4.78, 5) is 9.83. The average molecular weight is 459 g/mol. The van der Waals surface area contributed by atoms with Gasteiger partial charge < -0.3 is 5.73 Å².